The highest BCUT2D eigenvalue weighted by Gasteiger charge is 2.09. The second-order valence-corrected chi connectivity index (χ2v) is 3.27. The molecule has 6 heteroatoms. The SMILES string of the molecule is COc1cc(C=NCC(=N)N)cc(OC)c1O. The van der Waals surface area contributed by atoms with E-state index >= 15 is 0 Å². The van der Waals surface area contributed by atoms with Gasteiger partial charge >= 0.3 is 0 Å². The number of nitrogens with one attached hydrogen (secondary N) is 1. The summed E-state index contributed by atoms with van der Waals surface area (Å²) in [4.78, 5) is 3.95. The standard InChI is InChI=1S/C11H15N3O3/c1-16-8-3-7(5-14-6-10(12)13)4-9(17-2)11(8)15/h3-5,15H,6H2,1-2H3,(H3,12,13). The lowest BCUT2D eigenvalue weighted by Gasteiger charge is -2.09. The van der Waals surface area contributed by atoms with Crippen LogP contribution in [0.25, 0.3) is 0 Å². The Hall–Kier alpha value is -2.24. The number of nitrogens with two attached hydrogens (primary N) is 1. The lowest BCUT2D eigenvalue weighted by Crippen LogP contribution is -2.13. The van der Waals surface area contributed by atoms with Gasteiger partial charge in [-0.05, 0) is 17.7 Å². The maximum atomic E-state index is 9.68. The molecule has 1 aromatic carbocycles. The van der Waals surface area contributed by atoms with Gasteiger partial charge in [-0.25, -0.2) is 0 Å². The molecule has 0 amide bonds. The van der Waals surface area contributed by atoms with Crippen LogP contribution in [-0.4, -0.2) is 37.9 Å². The Labute approximate surface area is 99.2 Å². The van der Waals surface area contributed by atoms with E-state index in [1.54, 1.807) is 12.1 Å². The molecule has 0 radical (unpaired) electrons. The summed E-state index contributed by atoms with van der Waals surface area (Å²) < 4.78 is 9.99. The fourth-order valence-electron chi connectivity index (χ4n) is 1.24. The number of phenolic OH excluding ortho intramolecular Hbond substituents is 1. The van der Waals surface area contributed by atoms with E-state index in [0.29, 0.717) is 17.1 Å². The van der Waals surface area contributed by atoms with Gasteiger partial charge in [0.1, 0.15) is 5.84 Å². The van der Waals surface area contributed by atoms with Crippen molar-refractivity contribution in [2.45, 2.75) is 0 Å². The van der Waals surface area contributed by atoms with Crippen LogP contribution in [-0.2, 0) is 0 Å². The Balaban J connectivity index is 3.00. The zero-order valence-electron chi connectivity index (χ0n) is 9.73. The number of hydrogen-bond acceptors (Lipinski definition) is 5. The Morgan fingerprint density at radius 3 is 2.35 bits per heavy atom. The fourth-order valence-corrected chi connectivity index (χ4v) is 1.24. The Kier molecular flexibility index (Phi) is 4.33. The van der Waals surface area contributed by atoms with Crippen LogP contribution in [0.3, 0.4) is 0 Å². The van der Waals surface area contributed by atoms with Crippen molar-refractivity contribution < 1.29 is 14.6 Å². The molecule has 4 N–H and O–H groups in total. The first kappa shape index (κ1) is 12.8. The van der Waals surface area contributed by atoms with Crippen LogP contribution in [0.5, 0.6) is 17.2 Å². The van der Waals surface area contributed by atoms with Gasteiger partial charge < -0.3 is 20.3 Å². The maximum absolute atomic E-state index is 9.68. The van der Waals surface area contributed by atoms with Crippen molar-refractivity contribution in [2.24, 2.45) is 10.7 Å². The van der Waals surface area contributed by atoms with Crippen molar-refractivity contribution in [1.29, 1.82) is 5.41 Å². The molecule has 0 aliphatic rings. The highest BCUT2D eigenvalue weighted by Crippen LogP contribution is 2.36. The molecule has 0 bridgehead atoms. The second-order valence-electron chi connectivity index (χ2n) is 3.27. The van der Waals surface area contributed by atoms with Crippen molar-refractivity contribution in [3.8, 4) is 17.2 Å². The van der Waals surface area contributed by atoms with E-state index in [-0.39, 0.29) is 18.1 Å². The van der Waals surface area contributed by atoms with Crippen LogP contribution in [0.1, 0.15) is 5.56 Å². The molecule has 6 nitrogen and oxygen atoms in total. The van der Waals surface area contributed by atoms with Gasteiger partial charge in [-0.1, -0.05) is 0 Å². The molecule has 0 saturated carbocycles. The average Bonchev–Trinajstić information content (AvgIpc) is 2.30. The van der Waals surface area contributed by atoms with Gasteiger partial charge in [0.2, 0.25) is 5.75 Å². The molecule has 1 rings (SSSR count). The number of hydrogen-bond donors (Lipinski definition) is 3. The zero-order valence-corrected chi connectivity index (χ0v) is 9.73. The topological polar surface area (TPSA) is 101 Å². The van der Waals surface area contributed by atoms with E-state index < -0.39 is 0 Å². The number of phenols is 1. The number of methoxy groups -OCH3 is 2. The molecule has 0 saturated heterocycles. The van der Waals surface area contributed by atoms with E-state index in [2.05, 4.69) is 4.99 Å². The minimum atomic E-state index is -0.0567. The summed E-state index contributed by atoms with van der Waals surface area (Å²) in [6.45, 7) is 0.130. The van der Waals surface area contributed by atoms with Gasteiger partial charge in [-0.2, -0.15) is 0 Å². The first-order chi connectivity index (χ1) is 8.08. The van der Waals surface area contributed by atoms with Crippen molar-refractivity contribution in [3.63, 3.8) is 0 Å². The molecular formula is C11H15N3O3. The predicted molar refractivity (Wildman–Crippen MR) is 65.6 cm³/mol. The van der Waals surface area contributed by atoms with Crippen LogP contribution >= 0.6 is 0 Å². The highest BCUT2D eigenvalue weighted by atomic mass is 16.5. The average molecular weight is 237 g/mol. The van der Waals surface area contributed by atoms with Crippen molar-refractivity contribution in [3.05, 3.63) is 17.7 Å². The van der Waals surface area contributed by atoms with E-state index in [1.807, 2.05) is 0 Å². The number of benzene rings is 1. The highest BCUT2D eigenvalue weighted by molar-refractivity contribution is 5.86. The van der Waals surface area contributed by atoms with Gasteiger partial charge in [-0.15, -0.1) is 0 Å². The first-order valence-corrected chi connectivity index (χ1v) is 4.86. The van der Waals surface area contributed by atoms with Gasteiger partial charge in [0.25, 0.3) is 0 Å². The third-order valence-electron chi connectivity index (χ3n) is 2.00. The predicted octanol–water partition coefficient (Wildman–Crippen LogP) is 0.764. The Morgan fingerprint density at radius 1 is 1.41 bits per heavy atom. The van der Waals surface area contributed by atoms with Crippen LogP contribution in [0.15, 0.2) is 17.1 Å². The lowest BCUT2D eigenvalue weighted by atomic mass is 10.2. The largest absolute Gasteiger partial charge is 0.502 e. The molecule has 1 aromatic rings. The summed E-state index contributed by atoms with van der Waals surface area (Å²) in [6, 6.07) is 3.23. The normalized spacial score (nSPS) is 10.5. The number of aliphatic imine (C=N–C) groups is 1. The van der Waals surface area contributed by atoms with Crippen LogP contribution in [0, 0.1) is 5.41 Å². The summed E-state index contributed by atoms with van der Waals surface area (Å²) in [5, 5.41) is 16.7. The van der Waals surface area contributed by atoms with Gasteiger partial charge in [-0.3, -0.25) is 10.4 Å². The number of aromatic hydroxyl groups is 1. The maximum Gasteiger partial charge on any atom is 0.200 e. The number of rotatable bonds is 5. The first-order valence-electron chi connectivity index (χ1n) is 4.86. The molecule has 0 spiro atoms. The summed E-state index contributed by atoms with van der Waals surface area (Å²) in [7, 11) is 2.90. The van der Waals surface area contributed by atoms with Crippen molar-refractivity contribution in [1.82, 2.24) is 0 Å². The van der Waals surface area contributed by atoms with E-state index in [9.17, 15) is 5.11 Å². The molecule has 0 aliphatic carbocycles. The molecule has 0 aliphatic heterocycles. The summed E-state index contributed by atoms with van der Waals surface area (Å²) in [5.74, 6) is 0.528. The van der Waals surface area contributed by atoms with Crippen molar-refractivity contribution in [2.75, 3.05) is 20.8 Å². The van der Waals surface area contributed by atoms with Gasteiger partial charge in [0, 0.05) is 6.21 Å². The zero-order chi connectivity index (χ0) is 12.8. The Morgan fingerprint density at radius 2 is 1.94 bits per heavy atom. The molecular weight excluding hydrogens is 222 g/mol. The number of amidine groups is 1. The lowest BCUT2D eigenvalue weighted by molar-refractivity contribution is 0.340. The second kappa shape index (κ2) is 5.74. The molecule has 92 valence electrons. The molecule has 0 atom stereocenters. The third kappa shape index (κ3) is 3.37. The van der Waals surface area contributed by atoms with E-state index in [0.717, 1.165) is 0 Å². The summed E-state index contributed by atoms with van der Waals surface area (Å²) in [5.41, 5.74) is 5.87. The molecule has 0 unspecified atom stereocenters. The van der Waals surface area contributed by atoms with Crippen LogP contribution in [0.4, 0.5) is 0 Å². The van der Waals surface area contributed by atoms with Crippen LogP contribution < -0.4 is 15.2 Å². The monoisotopic (exact) mass is 237 g/mol. The van der Waals surface area contributed by atoms with Crippen LogP contribution in [0.2, 0.25) is 0 Å². The summed E-state index contributed by atoms with van der Waals surface area (Å²) >= 11 is 0. The molecule has 0 aromatic heterocycles. The van der Waals surface area contributed by atoms with E-state index in [4.69, 9.17) is 20.6 Å². The third-order valence-corrected chi connectivity index (χ3v) is 2.00. The Bertz CT molecular complexity index is 419. The van der Waals surface area contributed by atoms with Gasteiger partial charge in [0.15, 0.2) is 11.5 Å². The summed E-state index contributed by atoms with van der Waals surface area (Å²) in [6.07, 6.45) is 1.53. The van der Waals surface area contributed by atoms with E-state index in [1.165, 1.54) is 20.4 Å². The molecule has 0 heterocycles. The quantitative estimate of drug-likeness (QED) is 0.520. The molecule has 0 fully saturated rings. The minimum Gasteiger partial charge on any atom is -0.502 e. The number of nitrogens with zero attached hydrogens (tertiary/aromatic N) is 1. The smallest absolute Gasteiger partial charge is 0.200 e. The number of ether oxygens (including phenoxy) is 2. The molecule has 17 heavy (non-hydrogen) atoms. The fraction of sp³-hybridized carbons (Fsp3) is 0.273. The van der Waals surface area contributed by atoms with Crippen molar-refractivity contribution >= 4 is 12.1 Å². The minimum absolute atomic E-state index is 0.0149. The van der Waals surface area contributed by atoms with Gasteiger partial charge in [0.05, 0.1) is 20.8 Å².